The number of likely N-dealkylation sites (N-methyl/N-ethyl adjacent to an activating group) is 1. The van der Waals surface area contributed by atoms with E-state index in [-0.39, 0.29) is 6.04 Å². The molecule has 0 saturated carbocycles. The van der Waals surface area contributed by atoms with Crippen molar-refractivity contribution < 1.29 is 9.90 Å². The highest BCUT2D eigenvalue weighted by atomic mass is 16.4. The van der Waals surface area contributed by atoms with Gasteiger partial charge in [-0.05, 0) is 12.5 Å². The van der Waals surface area contributed by atoms with Gasteiger partial charge in [0.05, 0.1) is 0 Å². The zero-order valence-corrected chi connectivity index (χ0v) is 9.94. The third-order valence-corrected chi connectivity index (χ3v) is 2.89. The van der Waals surface area contributed by atoms with E-state index in [1.807, 2.05) is 11.8 Å². The van der Waals surface area contributed by atoms with Gasteiger partial charge in [0.2, 0.25) is 0 Å². The lowest BCUT2D eigenvalue weighted by atomic mass is 10.1. The SMILES string of the molecule is CCN1CCN(CC(C)C)CC1C(=O)O. The maximum Gasteiger partial charge on any atom is 0.322 e. The van der Waals surface area contributed by atoms with E-state index in [2.05, 4.69) is 18.7 Å². The largest absolute Gasteiger partial charge is 0.480 e. The molecular formula is C11H22N2O2. The van der Waals surface area contributed by atoms with E-state index in [0.717, 1.165) is 26.2 Å². The smallest absolute Gasteiger partial charge is 0.322 e. The highest BCUT2D eigenvalue weighted by Gasteiger charge is 2.31. The highest BCUT2D eigenvalue weighted by Crippen LogP contribution is 2.11. The van der Waals surface area contributed by atoms with Crippen LogP contribution in [0.2, 0.25) is 0 Å². The van der Waals surface area contributed by atoms with Gasteiger partial charge in [0, 0.05) is 26.2 Å². The summed E-state index contributed by atoms with van der Waals surface area (Å²) in [6.07, 6.45) is 0. The Morgan fingerprint density at radius 3 is 2.60 bits per heavy atom. The van der Waals surface area contributed by atoms with Gasteiger partial charge in [-0.2, -0.15) is 0 Å². The molecule has 0 aromatic heterocycles. The molecule has 1 saturated heterocycles. The summed E-state index contributed by atoms with van der Waals surface area (Å²) in [7, 11) is 0. The Bertz CT molecular complexity index is 219. The molecule has 0 radical (unpaired) electrons. The average Bonchev–Trinajstić information content (AvgIpc) is 2.16. The molecule has 1 aliphatic heterocycles. The van der Waals surface area contributed by atoms with Crippen LogP contribution in [0.1, 0.15) is 20.8 Å². The second kappa shape index (κ2) is 5.47. The molecule has 4 heteroatoms. The number of piperazine rings is 1. The third kappa shape index (κ3) is 3.47. The second-order valence-electron chi connectivity index (χ2n) is 4.64. The van der Waals surface area contributed by atoms with Crippen LogP contribution in [0.25, 0.3) is 0 Å². The number of carboxylic acid groups (broad SMARTS) is 1. The fourth-order valence-electron chi connectivity index (χ4n) is 2.17. The second-order valence-corrected chi connectivity index (χ2v) is 4.64. The van der Waals surface area contributed by atoms with Crippen molar-refractivity contribution in [2.75, 3.05) is 32.7 Å². The molecule has 1 fully saturated rings. The summed E-state index contributed by atoms with van der Waals surface area (Å²) in [5.74, 6) is -0.0853. The van der Waals surface area contributed by atoms with Crippen molar-refractivity contribution in [2.45, 2.75) is 26.8 Å². The maximum absolute atomic E-state index is 11.1. The van der Waals surface area contributed by atoms with E-state index < -0.39 is 5.97 Å². The monoisotopic (exact) mass is 214 g/mol. The third-order valence-electron chi connectivity index (χ3n) is 2.89. The lowest BCUT2D eigenvalue weighted by Gasteiger charge is -2.39. The summed E-state index contributed by atoms with van der Waals surface area (Å²) in [6.45, 7) is 10.7. The van der Waals surface area contributed by atoms with Gasteiger partial charge in [-0.25, -0.2) is 0 Å². The summed E-state index contributed by atoms with van der Waals surface area (Å²) in [4.78, 5) is 15.4. The Balaban J connectivity index is 2.54. The average molecular weight is 214 g/mol. The standard InChI is InChI=1S/C11H22N2O2/c1-4-13-6-5-12(7-9(2)3)8-10(13)11(14)15/h9-10H,4-8H2,1-3H3,(H,14,15). The van der Waals surface area contributed by atoms with Gasteiger partial charge in [0.1, 0.15) is 6.04 Å². The first-order valence-electron chi connectivity index (χ1n) is 5.73. The van der Waals surface area contributed by atoms with Gasteiger partial charge in [-0.1, -0.05) is 20.8 Å². The zero-order valence-electron chi connectivity index (χ0n) is 9.94. The minimum atomic E-state index is -0.690. The van der Waals surface area contributed by atoms with Crippen LogP contribution in [0.3, 0.4) is 0 Å². The first-order chi connectivity index (χ1) is 7.04. The number of rotatable bonds is 4. The molecule has 88 valence electrons. The highest BCUT2D eigenvalue weighted by molar-refractivity contribution is 5.73. The number of carbonyl (C=O) groups is 1. The van der Waals surface area contributed by atoms with Crippen LogP contribution >= 0.6 is 0 Å². The number of hydrogen-bond acceptors (Lipinski definition) is 3. The fourth-order valence-corrected chi connectivity index (χ4v) is 2.17. The van der Waals surface area contributed by atoms with Crippen molar-refractivity contribution in [3.8, 4) is 0 Å². The number of carboxylic acids is 1. The number of nitrogens with zero attached hydrogens (tertiary/aromatic N) is 2. The minimum absolute atomic E-state index is 0.317. The molecule has 15 heavy (non-hydrogen) atoms. The summed E-state index contributed by atoms with van der Waals surface area (Å²) in [5, 5.41) is 9.12. The van der Waals surface area contributed by atoms with Crippen LogP contribution < -0.4 is 0 Å². The summed E-state index contributed by atoms with van der Waals surface area (Å²) < 4.78 is 0. The van der Waals surface area contributed by atoms with Crippen molar-refractivity contribution in [2.24, 2.45) is 5.92 Å². The van der Waals surface area contributed by atoms with Crippen LogP contribution in [0.5, 0.6) is 0 Å². The molecule has 1 atom stereocenters. The fraction of sp³-hybridized carbons (Fsp3) is 0.909. The molecule has 1 N–H and O–H groups in total. The Kier molecular flexibility index (Phi) is 4.54. The Labute approximate surface area is 91.9 Å². The lowest BCUT2D eigenvalue weighted by molar-refractivity contribution is -0.145. The van der Waals surface area contributed by atoms with E-state index in [0.29, 0.717) is 12.5 Å². The Morgan fingerprint density at radius 2 is 2.13 bits per heavy atom. The Morgan fingerprint density at radius 1 is 1.47 bits per heavy atom. The van der Waals surface area contributed by atoms with Crippen molar-refractivity contribution >= 4 is 5.97 Å². The first kappa shape index (κ1) is 12.5. The quantitative estimate of drug-likeness (QED) is 0.749. The normalized spacial score (nSPS) is 24.7. The van der Waals surface area contributed by atoms with E-state index in [9.17, 15) is 4.79 Å². The molecule has 1 unspecified atom stereocenters. The molecule has 0 aromatic rings. The molecule has 0 spiro atoms. The molecule has 1 rings (SSSR count). The maximum atomic E-state index is 11.1. The number of hydrogen-bond donors (Lipinski definition) is 1. The van der Waals surface area contributed by atoms with Crippen LogP contribution in [-0.4, -0.2) is 59.6 Å². The minimum Gasteiger partial charge on any atom is -0.480 e. The molecule has 0 amide bonds. The molecule has 0 aromatic carbocycles. The van der Waals surface area contributed by atoms with E-state index in [1.54, 1.807) is 0 Å². The summed E-state index contributed by atoms with van der Waals surface area (Å²) in [6, 6.07) is -0.317. The van der Waals surface area contributed by atoms with Gasteiger partial charge >= 0.3 is 5.97 Å². The molecule has 0 aliphatic carbocycles. The van der Waals surface area contributed by atoms with Crippen LogP contribution in [0, 0.1) is 5.92 Å². The lowest BCUT2D eigenvalue weighted by Crippen LogP contribution is -2.56. The van der Waals surface area contributed by atoms with E-state index in [4.69, 9.17) is 5.11 Å². The van der Waals surface area contributed by atoms with E-state index >= 15 is 0 Å². The van der Waals surface area contributed by atoms with E-state index in [1.165, 1.54) is 0 Å². The van der Waals surface area contributed by atoms with Crippen molar-refractivity contribution in [1.82, 2.24) is 9.80 Å². The van der Waals surface area contributed by atoms with Gasteiger partial charge in [0.15, 0.2) is 0 Å². The Hall–Kier alpha value is -0.610. The van der Waals surface area contributed by atoms with Crippen molar-refractivity contribution in [3.63, 3.8) is 0 Å². The number of aliphatic carboxylic acids is 1. The predicted molar refractivity (Wildman–Crippen MR) is 59.9 cm³/mol. The van der Waals surface area contributed by atoms with Crippen LogP contribution in [0.15, 0.2) is 0 Å². The topological polar surface area (TPSA) is 43.8 Å². The van der Waals surface area contributed by atoms with Gasteiger partial charge in [-0.3, -0.25) is 14.6 Å². The van der Waals surface area contributed by atoms with Crippen molar-refractivity contribution in [1.29, 1.82) is 0 Å². The molecule has 1 heterocycles. The van der Waals surface area contributed by atoms with Gasteiger partial charge in [-0.15, -0.1) is 0 Å². The van der Waals surface area contributed by atoms with Gasteiger partial charge < -0.3 is 5.11 Å². The molecular weight excluding hydrogens is 192 g/mol. The van der Waals surface area contributed by atoms with Crippen LogP contribution in [0.4, 0.5) is 0 Å². The molecule has 4 nitrogen and oxygen atoms in total. The molecule has 0 bridgehead atoms. The predicted octanol–water partition coefficient (Wildman–Crippen LogP) is 0.733. The molecule has 1 aliphatic rings. The first-order valence-corrected chi connectivity index (χ1v) is 5.73. The summed E-state index contributed by atoms with van der Waals surface area (Å²) in [5.41, 5.74) is 0. The van der Waals surface area contributed by atoms with Crippen LogP contribution in [-0.2, 0) is 4.79 Å². The van der Waals surface area contributed by atoms with Gasteiger partial charge in [0.25, 0.3) is 0 Å². The summed E-state index contributed by atoms with van der Waals surface area (Å²) >= 11 is 0. The van der Waals surface area contributed by atoms with Crippen molar-refractivity contribution in [3.05, 3.63) is 0 Å². The zero-order chi connectivity index (χ0) is 11.4.